The first kappa shape index (κ1) is 18.6. The monoisotopic (exact) mass is 324 g/mol. The summed E-state index contributed by atoms with van der Waals surface area (Å²) < 4.78 is 10.7. The topological polar surface area (TPSA) is 52.6 Å². The van der Waals surface area contributed by atoms with E-state index in [-0.39, 0.29) is 11.8 Å². The summed E-state index contributed by atoms with van der Waals surface area (Å²) in [5, 5.41) is 0. The first-order valence-electron chi connectivity index (χ1n) is 7.65. The molecule has 0 fully saturated rings. The number of ketones is 1. The van der Waals surface area contributed by atoms with Gasteiger partial charge in [-0.15, -0.1) is 12.6 Å². The van der Waals surface area contributed by atoms with Crippen LogP contribution in [0.3, 0.4) is 0 Å². The Morgan fingerprint density at radius 3 is 2.55 bits per heavy atom. The van der Waals surface area contributed by atoms with Crippen molar-refractivity contribution in [3.8, 4) is 5.75 Å². The van der Waals surface area contributed by atoms with Crippen LogP contribution in [-0.2, 0) is 16.0 Å². The van der Waals surface area contributed by atoms with Gasteiger partial charge in [0.05, 0.1) is 18.8 Å². The number of benzene rings is 1. The average molecular weight is 324 g/mol. The highest BCUT2D eigenvalue weighted by Gasteiger charge is 2.16. The molecule has 0 aromatic heterocycles. The summed E-state index contributed by atoms with van der Waals surface area (Å²) in [6.07, 6.45) is 2.60. The molecule has 0 atom stereocenters. The van der Waals surface area contributed by atoms with Crippen LogP contribution < -0.4 is 4.74 Å². The van der Waals surface area contributed by atoms with Crippen LogP contribution in [-0.4, -0.2) is 25.0 Å². The van der Waals surface area contributed by atoms with Crippen LogP contribution in [0, 0.1) is 0 Å². The fourth-order valence-corrected chi connectivity index (χ4v) is 2.46. The van der Waals surface area contributed by atoms with Crippen LogP contribution in [0.25, 0.3) is 0 Å². The summed E-state index contributed by atoms with van der Waals surface area (Å²) in [5.41, 5.74) is 1.52. The van der Waals surface area contributed by atoms with Gasteiger partial charge in [0.15, 0.2) is 5.78 Å². The lowest BCUT2D eigenvalue weighted by Gasteiger charge is -2.16. The molecular formula is C17H24O4S. The SMILES string of the molecule is CCCc1c(S)ccc(C(C)=O)c1OCCCC(=O)OCC. The maximum atomic E-state index is 11.8. The number of thiol groups is 1. The molecule has 1 rings (SSSR count). The third-order valence-electron chi connectivity index (χ3n) is 3.19. The third kappa shape index (κ3) is 5.37. The summed E-state index contributed by atoms with van der Waals surface area (Å²) in [5.74, 6) is 0.339. The van der Waals surface area contributed by atoms with Crippen molar-refractivity contribution in [1.29, 1.82) is 0 Å². The van der Waals surface area contributed by atoms with Crippen LogP contribution in [0.5, 0.6) is 5.75 Å². The quantitative estimate of drug-likeness (QED) is 0.324. The summed E-state index contributed by atoms with van der Waals surface area (Å²) >= 11 is 4.46. The molecule has 0 aliphatic rings. The Bertz CT molecular complexity index is 526. The predicted octanol–water partition coefficient (Wildman–Crippen LogP) is 3.85. The minimum atomic E-state index is -0.227. The molecule has 0 saturated carbocycles. The second-order valence-electron chi connectivity index (χ2n) is 5.00. The molecular weight excluding hydrogens is 300 g/mol. The molecule has 0 amide bonds. The number of carbonyl (C=O) groups excluding carboxylic acids is 2. The number of hydrogen-bond acceptors (Lipinski definition) is 5. The molecule has 0 aliphatic carbocycles. The van der Waals surface area contributed by atoms with E-state index in [2.05, 4.69) is 19.6 Å². The number of carbonyl (C=O) groups is 2. The van der Waals surface area contributed by atoms with E-state index in [1.807, 2.05) is 6.07 Å². The lowest BCUT2D eigenvalue weighted by molar-refractivity contribution is -0.143. The van der Waals surface area contributed by atoms with Crippen LogP contribution in [0.4, 0.5) is 0 Å². The molecule has 4 nitrogen and oxygen atoms in total. The highest BCUT2D eigenvalue weighted by Crippen LogP contribution is 2.31. The van der Waals surface area contributed by atoms with Gasteiger partial charge >= 0.3 is 5.97 Å². The molecule has 0 heterocycles. The minimum Gasteiger partial charge on any atom is -0.492 e. The average Bonchev–Trinajstić information content (AvgIpc) is 2.46. The fourth-order valence-electron chi connectivity index (χ4n) is 2.18. The van der Waals surface area contributed by atoms with E-state index >= 15 is 0 Å². The molecule has 0 bridgehead atoms. The van der Waals surface area contributed by atoms with Crippen molar-refractivity contribution >= 4 is 24.4 Å². The van der Waals surface area contributed by atoms with Gasteiger partial charge in [0.25, 0.3) is 0 Å². The van der Waals surface area contributed by atoms with Gasteiger partial charge in [-0.3, -0.25) is 9.59 Å². The Kier molecular flexibility index (Phi) is 8.02. The van der Waals surface area contributed by atoms with Crippen LogP contribution in [0.15, 0.2) is 17.0 Å². The van der Waals surface area contributed by atoms with Crippen molar-refractivity contribution in [2.24, 2.45) is 0 Å². The molecule has 122 valence electrons. The van der Waals surface area contributed by atoms with Gasteiger partial charge in [-0.05, 0) is 38.8 Å². The van der Waals surface area contributed by atoms with E-state index in [0.29, 0.717) is 37.4 Å². The lowest BCUT2D eigenvalue weighted by Crippen LogP contribution is -2.09. The number of Topliss-reactive ketones (excluding diaryl/α,β-unsaturated/α-hetero) is 1. The molecule has 22 heavy (non-hydrogen) atoms. The summed E-state index contributed by atoms with van der Waals surface area (Å²) in [6.45, 7) is 6.12. The van der Waals surface area contributed by atoms with E-state index < -0.39 is 0 Å². The van der Waals surface area contributed by atoms with Crippen molar-refractivity contribution in [3.05, 3.63) is 23.3 Å². The predicted molar refractivity (Wildman–Crippen MR) is 89.1 cm³/mol. The second kappa shape index (κ2) is 9.51. The van der Waals surface area contributed by atoms with Gasteiger partial charge in [0.2, 0.25) is 0 Å². The Hall–Kier alpha value is -1.49. The molecule has 0 N–H and O–H groups in total. The van der Waals surface area contributed by atoms with Crippen molar-refractivity contribution in [3.63, 3.8) is 0 Å². The Balaban J connectivity index is 2.80. The third-order valence-corrected chi connectivity index (χ3v) is 3.61. The zero-order chi connectivity index (χ0) is 16.5. The first-order valence-corrected chi connectivity index (χ1v) is 8.10. The molecule has 1 aromatic carbocycles. The number of esters is 1. The van der Waals surface area contributed by atoms with Crippen molar-refractivity contribution in [1.82, 2.24) is 0 Å². The second-order valence-corrected chi connectivity index (χ2v) is 5.48. The van der Waals surface area contributed by atoms with Gasteiger partial charge in [-0.25, -0.2) is 0 Å². The van der Waals surface area contributed by atoms with E-state index in [1.54, 1.807) is 13.0 Å². The van der Waals surface area contributed by atoms with Crippen molar-refractivity contribution in [2.45, 2.75) is 51.3 Å². The van der Waals surface area contributed by atoms with E-state index in [4.69, 9.17) is 9.47 Å². The molecule has 5 heteroatoms. The minimum absolute atomic E-state index is 0.0360. The Morgan fingerprint density at radius 2 is 1.95 bits per heavy atom. The standard InChI is InChI=1S/C17H24O4S/c1-4-7-14-15(22)10-9-13(12(3)18)17(14)21-11-6-8-16(19)20-5-2/h9-10,22H,4-8,11H2,1-3H3. The van der Waals surface area contributed by atoms with Gasteiger partial charge in [-0.2, -0.15) is 0 Å². The number of ether oxygens (including phenoxy) is 2. The molecule has 0 aliphatic heterocycles. The van der Waals surface area contributed by atoms with Crippen LogP contribution in [0.1, 0.15) is 56.0 Å². The van der Waals surface area contributed by atoms with E-state index in [1.165, 1.54) is 6.92 Å². The highest BCUT2D eigenvalue weighted by atomic mass is 32.1. The van der Waals surface area contributed by atoms with Crippen LogP contribution in [0.2, 0.25) is 0 Å². The summed E-state index contributed by atoms with van der Waals surface area (Å²) in [4.78, 5) is 23.9. The molecule has 1 aromatic rings. The molecule has 0 spiro atoms. The van der Waals surface area contributed by atoms with Crippen molar-refractivity contribution in [2.75, 3.05) is 13.2 Å². The summed E-state index contributed by atoms with van der Waals surface area (Å²) in [7, 11) is 0. The zero-order valence-electron chi connectivity index (χ0n) is 13.5. The van der Waals surface area contributed by atoms with Gasteiger partial charge in [0, 0.05) is 16.9 Å². The zero-order valence-corrected chi connectivity index (χ0v) is 14.4. The molecule has 0 saturated heterocycles. The van der Waals surface area contributed by atoms with Gasteiger partial charge in [0.1, 0.15) is 5.75 Å². The normalized spacial score (nSPS) is 10.4. The van der Waals surface area contributed by atoms with Gasteiger partial charge < -0.3 is 9.47 Å². The largest absolute Gasteiger partial charge is 0.492 e. The highest BCUT2D eigenvalue weighted by molar-refractivity contribution is 7.80. The molecule has 0 radical (unpaired) electrons. The van der Waals surface area contributed by atoms with E-state index in [0.717, 1.165) is 23.3 Å². The lowest BCUT2D eigenvalue weighted by atomic mass is 10.0. The first-order chi connectivity index (χ1) is 10.5. The number of rotatable bonds is 9. The van der Waals surface area contributed by atoms with Crippen molar-refractivity contribution < 1.29 is 19.1 Å². The fraction of sp³-hybridized carbons (Fsp3) is 0.529. The Morgan fingerprint density at radius 1 is 1.23 bits per heavy atom. The van der Waals surface area contributed by atoms with Crippen LogP contribution >= 0.6 is 12.6 Å². The Labute approximate surface area is 137 Å². The maximum absolute atomic E-state index is 11.8. The number of hydrogen-bond donors (Lipinski definition) is 1. The maximum Gasteiger partial charge on any atom is 0.305 e. The van der Waals surface area contributed by atoms with E-state index in [9.17, 15) is 9.59 Å². The smallest absolute Gasteiger partial charge is 0.305 e. The van der Waals surface area contributed by atoms with Gasteiger partial charge in [-0.1, -0.05) is 13.3 Å². The molecule has 0 unspecified atom stereocenters. The summed E-state index contributed by atoms with van der Waals surface area (Å²) in [6, 6.07) is 3.57.